The van der Waals surface area contributed by atoms with Gasteiger partial charge in [-0.05, 0) is 68.5 Å². The molecule has 7 heteroatoms. The monoisotopic (exact) mass is 387 g/mol. The first-order chi connectivity index (χ1) is 12.8. The molecule has 3 rings (SSSR count). The molecule has 1 aliphatic carbocycles. The molecule has 0 unspecified atom stereocenters. The third-order valence-electron chi connectivity index (χ3n) is 4.78. The molecule has 0 aromatic heterocycles. The molecule has 1 saturated carbocycles. The van der Waals surface area contributed by atoms with Gasteiger partial charge in [-0.1, -0.05) is 18.2 Å². The smallest absolute Gasteiger partial charge is 0.261 e. The second kappa shape index (κ2) is 8.10. The maximum Gasteiger partial charge on any atom is 0.261 e. The van der Waals surface area contributed by atoms with Crippen LogP contribution in [0.25, 0.3) is 0 Å². The van der Waals surface area contributed by atoms with E-state index in [4.69, 9.17) is 5.73 Å². The molecule has 1 amide bonds. The third kappa shape index (κ3) is 5.08. The van der Waals surface area contributed by atoms with E-state index in [1.54, 1.807) is 30.3 Å². The fraction of sp³-hybridized carbons (Fsp3) is 0.350. The zero-order chi connectivity index (χ0) is 19.4. The van der Waals surface area contributed by atoms with Crippen LogP contribution in [0, 0.1) is 6.92 Å². The summed E-state index contributed by atoms with van der Waals surface area (Å²) < 4.78 is 27.9. The van der Waals surface area contributed by atoms with Crippen molar-refractivity contribution < 1.29 is 13.2 Å². The Kier molecular flexibility index (Phi) is 5.82. The lowest BCUT2D eigenvalue weighted by molar-refractivity contribution is 0.0925. The lowest BCUT2D eigenvalue weighted by atomic mass is 9.91. The number of hydrogen-bond donors (Lipinski definition) is 3. The van der Waals surface area contributed by atoms with E-state index in [9.17, 15) is 13.2 Å². The summed E-state index contributed by atoms with van der Waals surface area (Å²) in [5.41, 5.74) is 7.67. The van der Waals surface area contributed by atoms with E-state index in [0.29, 0.717) is 11.3 Å². The van der Waals surface area contributed by atoms with Crippen molar-refractivity contribution in [3.05, 3.63) is 59.7 Å². The number of carbonyl (C=O) groups excluding carboxylic acids is 1. The molecule has 6 nitrogen and oxygen atoms in total. The van der Waals surface area contributed by atoms with Crippen molar-refractivity contribution in [2.75, 3.05) is 4.72 Å². The van der Waals surface area contributed by atoms with Crippen LogP contribution in [0.2, 0.25) is 0 Å². The highest BCUT2D eigenvalue weighted by molar-refractivity contribution is 7.92. The number of aryl methyl sites for hydroxylation is 1. The highest BCUT2D eigenvalue weighted by atomic mass is 32.2. The van der Waals surface area contributed by atoms with Crippen LogP contribution in [0.5, 0.6) is 0 Å². The van der Waals surface area contributed by atoms with Crippen molar-refractivity contribution in [1.82, 2.24) is 5.32 Å². The average Bonchev–Trinajstić information content (AvgIpc) is 2.63. The molecule has 0 atom stereocenters. The Morgan fingerprint density at radius 1 is 1.04 bits per heavy atom. The number of carbonyl (C=O) groups is 1. The highest BCUT2D eigenvalue weighted by Gasteiger charge is 2.22. The van der Waals surface area contributed by atoms with Gasteiger partial charge in [-0.15, -0.1) is 0 Å². The summed E-state index contributed by atoms with van der Waals surface area (Å²) in [6.07, 6.45) is 3.47. The molecule has 0 radical (unpaired) electrons. The first kappa shape index (κ1) is 19.4. The van der Waals surface area contributed by atoms with Crippen LogP contribution in [0.3, 0.4) is 0 Å². The Morgan fingerprint density at radius 2 is 1.74 bits per heavy atom. The summed E-state index contributed by atoms with van der Waals surface area (Å²) in [6, 6.07) is 13.5. The minimum absolute atomic E-state index is 0.0577. The maximum absolute atomic E-state index is 12.7. The van der Waals surface area contributed by atoms with Crippen LogP contribution in [0.4, 0.5) is 5.69 Å². The number of nitrogens with two attached hydrogens (primary N) is 1. The standard InChI is InChI=1S/C20H25N3O3S/c1-14-4-2-6-18(12-14)23-27(25,26)19-7-3-5-15(13-19)20(24)22-17-10-8-16(21)9-11-17/h2-7,12-13,16-17,23H,8-11,21H2,1H3,(H,22,24). The van der Waals surface area contributed by atoms with Crippen LogP contribution in [0.1, 0.15) is 41.6 Å². The molecule has 2 aromatic carbocycles. The van der Waals surface area contributed by atoms with E-state index in [1.165, 1.54) is 12.1 Å². The van der Waals surface area contributed by atoms with Crippen LogP contribution >= 0.6 is 0 Å². The molecule has 4 N–H and O–H groups in total. The minimum atomic E-state index is -3.77. The van der Waals surface area contributed by atoms with Gasteiger partial charge in [0.05, 0.1) is 4.90 Å². The summed E-state index contributed by atoms with van der Waals surface area (Å²) in [6.45, 7) is 1.89. The fourth-order valence-electron chi connectivity index (χ4n) is 3.26. The summed E-state index contributed by atoms with van der Waals surface area (Å²) in [7, 11) is -3.77. The molecule has 0 aliphatic heterocycles. The van der Waals surface area contributed by atoms with E-state index in [0.717, 1.165) is 31.2 Å². The van der Waals surface area contributed by atoms with Gasteiger partial charge in [-0.25, -0.2) is 8.42 Å². The summed E-state index contributed by atoms with van der Waals surface area (Å²) in [4.78, 5) is 12.6. The summed E-state index contributed by atoms with van der Waals surface area (Å²) in [5.74, 6) is -0.261. The highest BCUT2D eigenvalue weighted by Crippen LogP contribution is 2.20. The summed E-state index contributed by atoms with van der Waals surface area (Å²) in [5, 5.41) is 2.98. The molecule has 2 aromatic rings. The topological polar surface area (TPSA) is 101 Å². The zero-order valence-corrected chi connectivity index (χ0v) is 16.1. The van der Waals surface area contributed by atoms with Crippen molar-refractivity contribution in [2.45, 2.75) is 49.6 Å². The minimum Gasteiger partial charge on any atom is -0.349 e. The predicted molar refractivity (Wildman–Crippen MR) is 106 cm³/mol. The molecule has 0 bridgehead atoms. The van der Waals surface area contributed by atoms with Crippen molar-refractivity contribution in [3.63, 3.8) is 0 Å². The number of sulfonamides is 1. The number of nitrogens with one attached hydrogen (secondary N) is 2. The lowest BCUT2D eigenvalue weighted by Crippen LogP contribution is -2.40. The Bertz CT molecular complexity index is 920. The average molecular weight is 388 g/mol. The first-order valence-corrected chi connectivity index (χ1v) is 10.6. The number of rotatable bonds is 5. The zero-order valence-electron chi connectivity index (χ0n) is 15.3. The fourth-order valence-corrected chi connectivity index (χ4v) is 4.35. The number of anilines is 1. The largest absolute Gasteiger partial charge is 0.349 e. The van der Waals surface area contributed by atoms with E-state index in [-0.39, 0.29) is 22.9 Å². The summed E-state index contributed by atoms with van der Waals surface area (Å²) >= 11 is 0. The van der Waals surface area contributed by atoms with E-state index in [1.807, 2.05) is 13.0 Å². The van der Waals surface area contributed by atoms with Crippen LogP contribution < -0.4 is 15.8 Å². The van der Waals surface area contributed by atoms with E-state index >= 15 is 0 Å². The van der Waals surface area contributed by atoms with Crippen molar-refractivity contribution in [2.24, 2.45) is 5.73 Å². The quantitative estimate of drug-likeness (QED) is 0.734. The Morgan fingerprint density at radius 3 is 2.44 bits per heavy atom. The molecule has 1 aliphatic rings. The van der Waals surface area contributed by atoms with Gasteiger partial charge in [0.1, 0.15) is 0 Å². The van der Waals surface area contributed by atoms with Gasteiger partial charge in [0, 0.05) is 23.3 Å². The van der Waals surface area contributed by atoms with Gasteiger partial charge in [0.2, 0.25) is 0 Å². The molecular formula is C20H25N3O3S. The molecule has 144 valence electrons. The van der Waals surface area contributed by atoms with Gasteiger partial charge in [-0.2, -0.15) is 0 Å². The van der Waals surface area contributed by atoms with Crippen LogP contribution in [-0.4, -0.2) is 26.4 Å². The molecule has 27 heavy (non-hydrogen) atoms. The van der Waals surface area contributed by atoms with E-state index in [2.05, 4.69) is 10.0 Å². The van der Waals surface area contributed by atoms with Crippen molar-refractivity contribution in [1.29, 1.82) is 0 Å². The van der Waals surface area contributed by atoms with E-state index < -0.39 is 10.0 Å². The maximum atomic E-state index is 12.7. The number of benzene rings is 2. The Balaban J connectivity index is 1.73. The molecule has 1 fully saturated rings. The van der Waals surface area contributed by atoms with Gasteiger partial charge in [0.15, 0.2) is 0 Å². The molecular weight excluding hydrogens is 362 g/mol. The van der Waals surface area contributed by atoms with Gasteiger partial charge < -0.3 is 11.1 Å². The molecule has 0 spiro atoms. The van der Waals surface area contributed by atoms with Gasteiger partial charge in [-0.3, -0.25) is 9.52 Å². The number of amides is 1. The third-order valence-corrected chi connectivity index (χ3v) is 6.16. The van der Waals surface area contributed by atoms with Gasteiger partial charge in [0.25, 0.3) is 15.9 Å². The van der Waals surface area contributed by atoms with Gasteiger partial charge >= 0.3 is 0 Å². The molecule has 0 heterocycles. The van der Waals surface area contributed by atoms with Crippen molar-refractivity contribution in [3.8, 4) is 0 Å². The Labute approximate surface area is 160 Å². The van der Waals surface area contributed by atoms with Crippen molar-refractivity contribution >= 4 is 21.6 Å². The SMILES string of the molecule is Cc1cccc(NS(=O)(=O)c2cccc(C(=O)NC3CCC(N)CC3)c2)c1. The van der Waals surface area contributed by atoms with Crippen LogP contribution in [-0.2, 0) is 10.0 Å². The lowest BCUT2D eigenvalue weighted by Gasteiger charge is -2.26. The second-order valence-electron chi connectivity index (χ2n) is 7.09. The van der Waals surface area contributed by atoms with Crippen LogP contribution in [0.15, 0.2) is 53.4 Å². The second-order valence-corrected chi connectivity index (χ2v) is 8.77. The predicted octanol–water partition coefficient (Wildman–Crippen LogP) is 2.80. The Hall–Kier alpha value is -2.38. The first-order valence-electron chi connectivity index (χ1n) is 9.09. The number of hydrogen-bond acceptors (Lipinski definition) is 4. The normalized spacial score (nSPS) is 20.1. The molecule has 0 saturated heterocycles.